The van der Waals surface area contributed by atoms with E-state index < -0.39 is 11.3 Å². The third-order valence-electron chi connectivity index (χ3n) is 5.62. The minimum Gasteiger partial charge on any atom is -0.486 e. The summed E-state index contributed by atoms with van der Waals surface area (Å²) in [6.07, 6.45) is 0.792. The van der Waals surface area contributed by atoms with Crippen LogP contribution in [0.5, 0.6) is 5.75 Å². The normalized spacial score (nSPS) is 20.5. The average Bonchev–Trinajstić information content (AvgIpc) is 3.19. The van der Waals surface area contributed by atoms with Gasteiger partial charge in [0.1, 0.15) is 22.0 Å². The second-order valence-corrected chi connectivity index (χ2v) is 10.2. The molecule has 0 radical (unpaired) electrons. The lowest BCUT2D eigenvalue weighted by atomic mass is 9.93. The monoisotopic (exact) mass is 497 g/mol. The van der Waals surface area contributed by atoms with Crippen molar-refractivity contribution >= 4 is 33.5 Å². The molecule has 1 fully saturated rings. The number of carbonyl (C=O) groups is 1. The molecule has 8 nitrogen and oxygen atoms in total. The van der Waals surface area contributed by atoms with Crippen molar-refractivity contribution in [3.05, 3.63) is 15.9 Å². The molecule has 31 heavy (non-hydrogen) atoms. The molecule has 0 aromatic carbocycles. The van der Waals surface area contributed by atoms with Gasteiger partial charge in [0.15, 0.2) is 17.2 Å². The maximum atomic E-state index is 15.5. The summed E-state index contributed by atoms with van der Waals surface area (Å²) in [5, 5.41) is 7.88. The van der Waals surface area contributed by atoms with E-state index in [1.54, 1.807) is 9.42 Å². The molecule has 1 amide bonds. The highest BCUT2D eigenvalue weighted by Gasteiger charge is 2.38. The molecule has 2 aliphatic rings. The second kappa shape index (κ2) is 7.79. The minimum absolute atomic E-state index is 0.00994. The summed E-state index contributed by atoms with van der Waals surface area (Å²) < 4.78 is 29.4. The van der Waals surface area contributed by atoms with Gasteiger partial charge in [-0.2, -0.15) is 0 Å². The number of anilines is 1. The van der Waals surface area contributed by atoms with E-state index in [1.807, 2.05) is 34.6 Å². The summed E-state index contributed by atoms with van der Waals surface area (Å²) in [5.41, 5.74) is 0.399. The fourth-order valence-electron chi connectivity index (χ4n) is 3.96. The molecule has 0 spiro atoms. The van der Waals surface area contributed by atoms with Crippen LogP contribution in [0.25, 0.3) is 5.65 Å². The lowest BCUT2D eigenvalue weighted by Crippen LogP contribution is -2.48. The van der Waals surface area contributed by atoms with Crippen molar-refractivity contribution in [1.82, 2.24) is 19.5 Å². The molecule has 4 rings (SSSR count). The third kappa shape index (κ3) is 4.44. The first-order valence-electron chi connectivity index (χ1n) is 10.6. The number of hydrogen-bond donors (Lipinski definition) is 1. The predicted octanol–water partition coefficient (Wildman–Crippen LogP) is 4.27. The number of ether oxygens (including phenoxy) is 2. The van der Waals surface area contributed by atoms with Crippen molar-refractivity contribution in [2.75, 3.05) is 25.0 Å². The molecular formula is C21H29BrFN5O3. The molecule has 0 aliphatic carbocycles. The molecule has 1 unspecified atom stereocenters. The summed E-state index contributed by atoms with van der Waals surface area (Å²) in [7, 11) is 0. The Morgan fingerprint density at radius 3 is 2.71 bits per heavy atom. The summed E-state index contributed by atoms with van der Waals surface area (Å²) >= 11 is 3.52. The first-order valence-corrected chi connectivity index (χ1v) is 11.4. The van der Waals surface area contributed by atoms with E-state index in [2.05, 4.69) is 31.3 Å². The number of nitrogens with one attached hydrogen (secondary N) is 1. The number of aryl methyl sites for hydroxylation is 1. The Morgan fingerprint density at radius 1 is 1.39 bits per heavy atom. The maximum absolute atomic E-state index is 15.5. The van der Waals surface area contributed by atoms with Gasteiger partial charge in [0, 0.05) is 37.9 Å². The van der Waals surface area contributed by atoms with E-state index in [0.29, 0.717) is 36.7 Å². The highest BCUT2D eigenvalue weighted by atomic mass is 79.9. The molecule has 1 N–H and O–H groups in total. The van der Waals surface area contributed by atoms with Crippen molar-refractivity contribution in [2.24, 2.45) is 0 Å². The van der Waals surface area contributed by atoms with Crippen LogP contribution in [0.3, 0.4) is 0 Å². The number of imidazole rings is 1. The number of likely N-dealkylation sites (tertiary alicyclic amines) is 1. The molecular weight excluding hydrogens is 469 g/mol. The molecule has 4 heterocycles. The molecule has 2 aliphatic heterocycles. The molecule has 10 heteroatoms. The van der Waals surface area contributed by atoms with Gasteiger partial charge < -0.3 is 19.7 Å². The molecule has 1 saturated heterocycles. The van der Waals surface area contributed by atoms with Crippen molar-refractivity contribution in [1.29, 1.82) is 0 Å². The fraction of sp³-hybridized carbons (Fsp3) is 0.667. The number of amides is 1. The van der Waals surface area contributed by atoms with E-state index in [-0.39, 0.29) is 31.6 Å². The number of nitrogens with zero attached hydrogens (tertiary/aromatic N) is 4. The Morgan fingerprint density at radius 2 is 2.06 bits per heavy atom. The van der Waals surface area contributed by atoms with Gasteiger partial charge in [-0.05, 0) is 50.5 Å². The van der Waals surface area contributed by atoms with Crippen molar-refractivity contribution in [3.63, 3.8) is 0 Å². The molecule has 1 atom stereocenters. The summed E-state index contributed by atoms with van der Waals surface area (Å²) in [5.74, 6) is 1.31. The minimum atomic E-state index is -1.44. The largest absolute Gasteiger partial charge is 0.486 e. The number of alkyl halides is 1. The highest BCUT2D eigenvalue weighted by Crippen LogP contribution is 2.39. The van der Waals surface area contributed by atoms with Crippen LogP contribution in [-0.2, 0) is 11.2 Å². The van der Waals surface area contributed by atoms with Gasteiger partial charge in [0.25, 0.3) is 0 Å². The highest BCUT2D eigenvalue weighted by molar-refractivity contribution is 9.10. The van der Waals surface area contributed by atoms with E-state index in [0.717, 1.165) is 15.9 Å². The van der Waals surface area contributed by atoms with Crippen LogP contribution in [0.2, 0.25) is 0 Å². The molecule has 2 aromatic rings. The smallest absolute Gasteiger partial charge is 0.410 e. The van der Waals surface area contributed by atoms with Crippen LogP contribution in [-0.4, -0.2) is 62.6 Å². The van der Waals surface area contributed by atoms with Crippen molar-refractivity contribution < 1.29 is 18.7 Å². The zero-order chi connectivity index (χ0) is 22.6. The average molecular weight is 498 g/mol. The first kappa shape index (κ1) is 22.1. The van der Waals surface area contributed by atoms with E-state index >= 15 is 4.39 Å². The Balaban J connectivity index is 1.47. The summed E-state index contributed by atoms with van der Waals surface area (Å²) in [6.45, 7) is 10.1. The number of piperidine rings is 1. The molecule has 0 saturated carbocycles. The number of hydrogen-bond acceptors (Lipinski definition) is 6. The van der Waals surface area contributed by atoms with E-state index in [4.69, 9.17) is 9.47 Å². The topological polar surface area (TPSA) is 81.0 Å². The zero-order valence-electron chi connectivity index (χ0n) is 18.6. The summed E-state index contributed by atoms with van der Waals surface area (Å²) in [6, 6.07) is 0. The standard InChI is InChI=1S/C21H29BrFN5O3/c1-12-10-14-15(30-12)18-25-13(2)16(22)28(18)26-17(14)24-11-21(23)6-8-27(9-7-21)19(29)31-20(3,4)5/h12H,6-11H2,1-5H3,(H,24,26). The number of carbonyl (C=O) groups excluding carboxylic acids is 1. The number of fused-ring (bicyclic) bond motifs is 3. The summed E-state index contributed by atoms with van der Waals surface area (Å²) in [4.78, 5) is 18.4. The number of halogens is 2. The Hall–Kier alpha value is -2.10. The quantitative estimate of drug-likeness (QED) is 0.681. The Bertz CT molecular complexity index is 1010. The molecule has 170 valence electrons. The number of rotatable bonds is 3. The zero-order valence-corrected chi connectivity index (χ0v) is 20.2. The maximum Gasteiger partial charge on any atom is 0.410 e. The van der Waals surface area contributed by atoms with Gasteiger partial charge in [0.05, 0.1) is 12.2 Å². The molecule has 2 aromatic heterocycles. The lowest BCUT2D eigenvalue weighted by molar-refractivity contribution is 0.00574. The van der Waals surface area contributed by atoms with Crippen LogP contribution >= 0.6 is 15.9 Å². The van der Waals surface area contributed by atoms with Crippen molar-refractivity contribution in [3.8, 4) is 5.75 Å². The second-order valence-electron chi connectivity index (χ2n) is 9.48. The van der Waals surface area contributed by atoms with Crippen LogP contribution < -0.4 is 10.1 Å². The van der Waals surface area contributed by atoms with Crippen LogP contribution in [0.4, 0.5) is 15.0 Å². The van der Waals surface area contributed by atoms with Gasteiger partial charge in [-0.3, -0.25) is 0 Å². The Kier molecular flexibility index (Phi) is 5.56. The predicted molar refractivity (Wildman–Crippen MR) is 119 cm³/mol. The lowest BCUT2D eigenvalue weighted by Gasteiger charge is -2.37. The Labute approximate surface area is 189 Å². The first-order chi connectivity index (χ1) is 14.5. The molecule has 0 bridgehead atoms. The van der Waals surface area contributed by atoms with Crippen molar-refractivity contribution in [2.45, 2.75) is 71.3 Å². The van der Waals surface area contributed by atoms with Gasteiger partial charge in [-0.15, -0.1) is 5.10 Å². The fourth-order valence-corrected chi connectivity index (χ4v) is 4.30. The van der Waals surface area contributed by atoms with E-state index in [9.17, 15) is 4.79 Å². The van der Waals surface area contributed by atoms with Crippen LogP contribution in [0.15, 0.2) is 4.60 Å². The van der Waals surface area contributed by atoms with Gasteiger partial charge in [-0.1, -0.05) is 0 Å². The van der Waals surface area contributed by atoms with Gasteiger partial charge >= 0.3 is 6.09 Å². The number of aromatic nitrogens is 3. The van der Waals surface area contributed by atoms with E-state index in [1.165, 1.54) is 0 Å². The van der Waals surface area contributed by atoms with Gasteiger partial charge in [0.2, 0.25) is 0 Å². The van der Waals surface area contributed by atoms with Gasteiger partial charge in [-0.25, -0.2) is 18.7 Å². The SMILES string of the molecule is Cc1nc2c3c(c(NCC4(F)CCN(C(=O)OC(C)(C)C)CC4)nn2c1Br)CC(C)O3. The third-order valence-corrected chi connectivity index (χ3v) is 6.53. The van der Waals surface area contributed by atoms with Crippen LogP contribution in [0, 0.1) is 6.92 Å². The van der Waals surface area contributed by atoms with Crippen LogP contribution in [0.1, 0.15) is 51.8 Å².